The molecule has 0 N–H and O–H groups in total. The molecular weight excluding hydrogens is 470 g/mol. The number of halogens is 2. The zero-order valence-electron chi connectivity index (χ0n) is 16.9. The number of rotatable bonds is 6. The molecular formula is C24H16F2O5S2. The molecule has 9 heteroatoms. The molecule has 0 unspecified atom stereocenters. The third-order valence-corrected chi connectivity index (χ3v) is 8.29. The first-order valence-electron chi connectivity index (χ1n) is 9.57. The summed E-state index contributed by atoms with van der Waals surface area (Å²) in [6, 6.07) is 20.3. The monoisotopic (exact) mass is 486 g/mol. The number of hydrogen-bond donors (Lipinski definition) is 0. The van der Waals surface area contributed by atoms with Crippen LogP contribution in [-0.4, -0.2) is 16.8 Å². The van der Waals surface area contributed by atoms with Crippen LogP contribution in [0.5, 0.6) is 11.5 Å². The van der Waals surface area contributed by atoms with E-state index in [1.165, 1.54) is 72.8 Å². The Morgan fingerprint density at radius 2 is 0.909 bits per heavy atom. The number of para-hydroxylation sites is 2. The van der Waals surface area contributed by atoms with Gasteiger partial charge in [-0.2, -0.15) is 0 Å². The first-order chi connectivity index (χ1) is 15.7. The van der Waals surface area contributed by atoms with Crippen LogP contribution >= 0.6 is 0 Å². The fourth-order valence-electron chi connectivity index (χ4n) is 3.15. The molecule has 33 heavy (non-hydrogen) atoms. The minimum absolute atomic E-state index is 0.149. The van der Waals surface area contributed by atoms with Crippen molar-refractivity contribution in [2.24, 2.45) is 0 Å². The summed E-state index contributed by atoms with van der Waals surface area (Å²) in [7, 11) is -8.36. The Balaban J connectivity index is 1.81. The SMILES string of the molecule is O=S(=O)(c1cccc(F)c1)c1ccccc1Oc1ccccc1S(=O)(=O)c1cccc(F)c1. The van der Waals surface area contributed by atoms with Gasteiger partial charge in [-0.3, -0.25) is 0 Å². The molecule has 0 radical (unpaired) electrons. The van der Waals surface area contributed by atoms with Gasteiger partial charge in [-0.1, -0.05) is 36.4 Å². The second kappa shape index (κ2) is 8.76. The molecule has 4 aromatic carbocycles. The second-order valence-corrected chi connectivity index (χ2v) is 10.8. The second-order valence-electron chi connectivity index (χ2n) is 6.92. The van der Waals surface area contributed by atoms with Crippen LogP contribution < -0.4 is 4.74 Å². The number of ether oxygens (including phenoxy) is 1. The van der Waals surface area contributed by atoms with Crippen LogP contribution in [0.3, 0.4) is 0 Å². The summed E-state index contributed by atoms with van der Waals surface area (Å²) < 4.78 is 85.6. The summed E-state index contributed by atoms with van der Waals surface area (Å²) in [5.74, 6) is -1.74. The highest BCUT2D eigenvalue weighted by molar-refractivity contribution is 7.92. The average molecular weight is 487 g/mol. The van der Waals surface area contributed by atoms with Gasteiger partial charge in [-0.05, 0) is 60.7 Å². The van der Waals surface area contributed by atoms with Crippen molar-refractivity contribution in [1.29, 1.82) is 0 Å². The standard InChI is InChI=1S/C24H16F2O5S2/c25-17-7-5-9-19(15-17)32(27,28)23-13-3-1-11-21(23)31-22-12-2-4-14-24(22)33(29,30)20-10-6-8-18(26)16-20/h1-16H. The lowest BCUT2D eigenvalue weighted by Crippen LogP contribution is -2.07. The van der Waals surface area contributed by atoms with E-state index in [-0.39, 0.29) is 31.1 Å². The van der Waals surface area contributed by atoms with E-state index in [2.05, 4.69) is 0 Å². The zero-order chi connectivity index (χ0) is 23.6. The highest BCUT2D eigenvalue weighted by atomic mass is 32.2. The van der Waals surface area contributed by atoms with Gasteiger partial charge in [0.2, 0.25) is 19.7 Å². The fraction of sp³-hybridized carbons (Fsp3) is 0. The molecule has 0 saturated carbocycles. The minimum atomic E-state index is -4.18. The van der Waals surface area contributed by atoms with E-state index in [1.54, 1.807) is 0 Å². The maximum atomic E-state index is 13.6. The molecule has 0 amide bonds. The smallest absolute Gasteiger partial charge is 0.210 e. The number of sulfone groups is 2. The predicted molar refractivity (Wildman–Crippen MR) is 117 cm³/mol. The molecule has 0 aromatic heterocycles. The summed E-state index contributed by atoms with van der Waals surface area (Å²) in [6.45, 7) is 0. The quantitative estimate of drug-likeness (QED) is 0.364. The molecule has 0 aliphatic carbocycles. The van der Waals surface area contributed by atoms with Crippen LogP contribution in [0, 0.1) is 11.6 Å². The predicted octanol–water partition coefficient (Wildman–Crippen LogP) is 5.42. The molecule has 0 spiro atoms. The molecule has 0 aliphatic heterocycles. The molecule has 0 atom stereocenters. The van der Waals surface area contributed by atoms with Crippen LogP contribution in [0.25, 0.3) is 0 Å². The Labute approximate surface area is 189 Å². The van der Waals surface area contributed by atoms with Gasteiger partial charge in [0.25, 0.3) is 0 Å². The van der Waals surface area contributed by atoms with Crippen molar-refractivity contribution in [1.82, 2.24) is 0 Å². The minimum Gasteiger partial charge on any atom is -0.455 e. The third-order valence-electron chi connectivity index (χ3n) is 4.71. The van der Waals surface area contributed by atoms with Crippen LogP contribution in [0.15, 0.2) is 117 Å². The maximum absolute atomic E-state index is 13.6. The van der Waals surface area contributed by atoms with Crippen molar-refractivity contribution in [3.05, 3.63) is 109 Å². The van der Waals surface area contributed by atoms with Gasteiger partial charge < -0.3 is 4.74 Å². The summed E-state index contributed by atoms with van der Waals surface area (Å²) in [4.78, 5) is -1.10. The first-order valence-corrected chi connectivity index (χ1v) is 12.5. The average Bonchev–Trinajstić information content (AvgIpc) is 2.79. The third kappa shape index (κ3) is 4.50. The van der Waals surface area contributed by atoms with Crippen molar-refractivity contribution < 1.29 is 30.4 Å². The van der Waals surface area contributed by atoms with E-state index in [0.29, 0.717) is 0 Å². The van der Waals surface area contributed by atoms with Gasteiger partial charge in [-0.25, -0.2) is 25.6 Å². The van der Waals surface area contributed by atoms with Gasteiger partial charge >= 0.3 is 0 Å². The summed E-state index contributed by atoms with van der Waals surface area (Å²) in [5.41, 5.74) is 0. The van der Waals surface area contributed by atoms with Crippen molar-refractivity contribution in [2.75, 3.05) is 0 Å². The lowest BCUT2D eigenvalue weighted by molar-refractivity contribution is 0.453. The van der Waals surface area contributed by atoms with Crippen molar-refractivity contribution in [3.8, 4) is 11.5 Å². The van der Waals surface area contributed by atoms with Crippen LogP contribution in [-0.2, 0) is 19.7 Å². The van der Waals surface area contributed by atoms with Gasteiger partial charge in [0.1, 0.15) is 32.9 Å². The molecule has 4 rings (SSSR count). The largest absolute Gasteiger partial charge is 0.455 e. The highest BCUT2D eigenvalue weighted by Crippen LogP contribution is 2.37. The molecule has 0 saturated heterocycles. The summed E-state index contributed by atoms with van der Waals surface area (Å²) in [5, 5.41) is 0. The fourth-order valence-corrected chi connectivity index (χ4v) is 5.98. The lowest BCUT2D eigenvalue weighted by Gasteiger charge is -2.15. The molecule has 0 heterocycles. The summed E-state index contributed by atoms with van der Waals surface area (Å²) >= 11 is 0. The van der Waals surface area contributed by atoms with E-state index < -0.39 is 31.3 Å². The van der Waals surface area contributed by atoms with Crippen LogP contribution in [0.4, 0.5) is 8.78 Å². The zero-order valence-corrected chi connectivity index (χ0v) is 18.5. The van der Waals surface area contributed by atoms with Crippen LogP contribution in [0.2, 0.25) is 0 Å². The van der Waals surface area contributed by atoms with Crippen molar-refractivity contribution >= 4 is 19.7 Å². The van der Waals surface area contributed by atoms with Gasteiger partial charge in [-0.15, -0.1) is 0 Å². The Hall–Kier alpha value is -3.56. The normalized spacial score (nSPS) is 11.8. The van der Waals surface area contributed by atoms with E-state index in [1.807, 2.05) is 0 Å². The lowest BCUT2D eigenvalue weighted by atomic mass is 10.3. The van der Waals surface area contributed by atoms with E-state index in [0.717, 1.165) is 24.3 Å². The Kier molecular flexibility index (Phi) is 6.01. The van der Waals surface area contributed by atoms with E-state index >= 15 is 0 Å². The first kappa shape index (κ1) is 22.6. The van der Waals surface area contributed by atoms with E-state index in [9.17, 15) is 25.6 Å². The van der Waals surface area contributed by atoms with Gasteiger partial charge in [0.05, 0.1) is 9.79 Å². The Bertz CT molecular complexity index is 1430. The summed E-state index contributed by atoms with van der Waals surface area (Å²) in [6.07, 6.45) is 0. The topological polar surface area (TPSA) is 77.5 Å². The molecule has 5 nitrogen and oxygen atoms in total. The van der Waals surface area contributed by atoms with Crippen molar-refractivity contribution in [2.45, 2.75) is 19.6 Å². The number of hydrogen-bond acceptors (Lipinski definition) is 5. The van der Waals surface area contributed by atoms with Crippen LogP contribution in [0.1, 0.15) is 0 Å². The Morgan fingerprint density at radius 3 is 1.30 bits per heavy atom. The highest BCUT2D eigenvalue weighted by Gasteiger charge is 2.26. The number of benzene rings is 4. The van der Waals surface area contributed by atoms with Crippen molar-refractivity contribution in [3.63, 3.8) is 0 Å². The molecule has 0 bridgehead atoms. The molecule has 4 aromatic rings. The van der Waals surface area contributed by atoms with E-state index in [4.69, 9.17) is 4.74 Å². The van der Waals surface area contributed by atoms with Gasteiger partial charge in [0, 0.05) is 0 Å². The Morgan fingerprint density at radius 1 is 0.515 bits per heavy atom. The maximum Gasteiger partial charge on any atom is 0.210 e. The van der Waals surface area contributed by atoms with Gasteiger partial charge in [0.15, 0.2) is 0 Å². The molecule has 168 valence electrons. The molecule has 0 aliphatic rings. The molecule has 0 fully saturated rings.